The number of hydrogen-bond donors (Lipinski definition) is 2. The van der Waals surface area contributed by atoms with Crippen molar-refractivity contribution in [2.45, 2.75) is 32.7 Å². The Hall–Kier alpha value is -3.12. The molecule has 0 aliphatic carbocycles. The van der Waals surface area contributed by atoms with Gasteiger partial charge in [-0.2, -0.15) is 5.10 Å². The number of hydrogen-bond acceptors (Lipinski definition) is 3. The molecule has 0 saturated heterocycles. The van der Waals surface area contributed by atoms with Crippen molar-refractivity contribution in [1.82, 2.24) is 15.3 Å². The topological polar surface area (TPSA) is 50.6 Å². The molecule has 5 nitrogen and oxygen atoms in total. The summed E-state index contributed by atoms with van der Waals surface area (Å²) >= 11 is 5.16. The predicted octanol–water partition coefficient (Wildman–Crippen LogP) is 5.22. The Morgan fingerprint density at radius 2 is 2.00 bits per heavy atom. The monoisotopic (exact) mass is 434 g/mol. The first-order chi connectivity index (χ1) is 15.1. The average molecular weight is 435 g/mol. The van der Waals surface area contributed by atoms with Crippen molar-refractivity contribution in [2.75, 3.05) is 13.2 Å². The quantitative estimate of drug-likeness (QED) is 0.199. The van der Waals surface area contributed by atoms with E-state index in [9.17, 15) is 0 Å². The number of aromatic nitrogens is 1. The highest BCUT2D eigenvalue weighted by Gasteiger charge is 2.07. The van der Waals surface area contributed by atoms with Crippen LogP contribution in [0.4, 0.5) is 0 Å². The molecule has 1 atom stereocenters. The van der Waals surface area contributed by atoms with Crippen molar-refractivity contribution in [3.8, 4) is 5.75 Å². The molecule has 3 aromatic rings. The van der Waals surface area contributed by atoms with Crippen molar-refractivity contribution < 1.29 is 4.74 Å². The van der Waals surface area contributed by atoms with Gasteiger partial charge in [-0.25, -0.2) is 0 Å². The molecule has 0 saturated carbocycles. The fourth-order valence-electron chi connectivity index (χ4n) is 3.32. The van der Waals surface area contributed by atoms with Crippen LogP contribution in [0.3, 0.4) is 0 Å². The van der Waals surface area contributed by atoms with Gasteiger partial charge >= 0.3 is 0 Å². The van der Waals surface area contributed by atoms with E-state index in [0.717, 1.165) is 35.2 Å². The summed E-state index contributed by atoms with van der Waals surface area (Å²) in [5, 5.41) is 8.84. The van der Waals surface area contributed by atoms with Crippen LogP contribution in [0.25, 0.3) is 10.9 Å². The molecule has 1 heterocycles. The van der Waals surface area contributed by atoms with Gasteiger partial charge in [0.25, 0.3) is 0 Å². The molecule has 0 fully saturated rings. The van der Waals surface area contributed by atoms with Crippen molar-refractivity contribution in [3.05, 3.63) is 78.5 Å². The van der Waals surface area contributed by atoms with Crippen LogP contribution in [0.15, 0.2) is 72.5 Å². The van der Waals surface area contributed by atoms with Crippen LogP contribution in [-0.4, -0.2) is 29.0 Å². The molecule has 0 aliphatic rings. The van der Waals surface area contributed by atoms with Crippen LogP contribution in [-0.2, 0) is 6.54 Å². The third kappa shape index (κ3) is 6.18. The van der Waals surface area contributed by atoms with Crippen LogP contribution >= 0.6 is 12.2 Å². The molecule has 0 aliphatic heterocycles. The smallest absolute Gasteiger partial charge is 0.187 e. The molecule has 0 radical (unpaired) electrons. The Kier molecular flexibility index (Phi) is 8.24. The molecule has 0 unspecified atom stereocenters. The normalized spacial score (nSPS) is 12.1. The summed E-state index contributed by atoms with van der Waals surface area (Å²) in [5.41, 5.74) is 6.35. The minimum Gasteiger partial charge on any atom is -0.492 e. The molecule has 0 bridgehead atoms. The molecule has 0 amide bonds. The summed E-state index contributed by atoms with van der Waals surface area (Å²) in [5.74, 6) is 1.47. The van der Waals surface area contributed by atoms with Gasteiger partial charge < -0.3 is 14.6 Å². The second-order valence-electron chi connectivity index (χ2n) is 7.39. The lowest BCUT2D eigenvalue weighted by molar-refractivity contribution is 0.300. The van der Waals surface area contributed by atoms with Gasteiger partial charge in [0.1, 0.15) is 12.4 Å². The first-order valence-electron chi connectivity index (χ1n) is 10.6. The van der Waals surface area contributed by atoms with Crippen LogP contribution in [0.5, 0.6) is 5.75 Å². The Bertz CT molecular complexity index is 1040. The molecular formula is C25H30N4OS. The fraction of sp³-hybridized carbons (Fsp3) is 0.280. The summed E-state index contributed by atoms with van der Waals surface area (Å²) in [4.78, 5) is 0. The second kappa shape index (κ2) is 11.3. The highest BCUT2D eigenvalue weighted by Crippen LogP contribution is 2.22. The number of hydrazone groups is 1. The molecule has 2 aromatic carbocycles. The van der Waals surface area contributed by atoms with E-state index in [2.05, 4.69) is 83.4 Å². The maximum Gasteiger partial charge on any atom is 0.187 e. The highest BCUT2D eigenvalue weighted by atomic mass is 32.1. The van der Waals surface area contributed by atoms with E-state index >= 15 is 0 Å². The Labute approximate surface area is 189 Å². The zero-order valence-corrected chi connectivity index (χ0v) is 19.0. The Morgan fingerprint density at radius 1 is 1.23 bits per heavy atom. The van der Waals surface area contributed by atoms with Gasteiger partial charge in [0.15, 0.2) is 5.11 Å². The van der Waals surface area contributed by atoms with Gasteiger partial charge in [0.2, 0.25) is 0 Å². The molecule has 162 valence electrons. The third-order valence-corrected chi connectivity index (χ3v) is 5.49. The largest absolute Gasteiger partial charge is 0.492 e. The summed E-state index contributed by atoms with van der Waals surface area (Å²) in [6.07, 6.45) is 6.76. The van der Waals surface area contributed by atoms with Crippen LogP contribution in [0, 0.1) is 0 Å². The summed E-state index contributed by atoms with van der Waals surface area (Å²) < 4.78 is 8.18. The fourth-order valence-corrected chi connectivity index (χ4v) is 3.45. The van der Waals surface area contributed by atoms with Gasteiger partial charge in [-0.3, -0.25) is 5.43 Å². The van der Waals surface area contributed by atoms with E-state index in [1.165, 1.54) is 5.56 Å². The summed E-state index contributed by atoms with van der Waals surface area (Å²) in [6.45, 7) is 10.0. The van der Waals surface area contributed by atoms with Gasteiger partial charge in [-0.1, -0.05) is 50.3 Å². The van der Waals surface area contributed by atoms with Crippen molar-refractivity contribution in [3.63, 3.8) is 0 Å². The number of ether oxygens (including phenoxy) is 1. The van der Waals surface area contributed by atoms with Gasteiger partial charge in [0, 0.05) is 29.2 Å². The van der Waals surface area contributed by atoms with Crippen molar-refractivity contribution >= 4 is 34.4 Å². The number of para-hydroxylation sites is 1. The van der Waals surface area contributed by atoms with E-state index in [1.54, 1.807) is 12.3 Å². The van der Waals surface area contributed by atoms with E-state index in [1.807, 2.05) is 12.1 Å². The number of fused-ring (bicyclic) bond motifs is 1. The minimum atomic E-state index is 0.465. The number of rotatable bonds is 10. The van der Waals surface area contributed by atoms with Crippen LogP contribution in [0.1, 0.15) is 37.3 Å². The summed E-state index contributed by atoms with van der Waals surface area (Å²) in [7, 11) is 0. The molecule has 2 N–H and O–H groups in total. The summed E-state index contributed by atoms with van der Waals surface area (Å²) in [6, 6.07) is 16.7. The lowest BCUT2D eigenvalue weighted by Gasteiger charge is -2.11. The number of nitrogens with one attached hydrogen (secondary N) is 2. The maximum atomic E-state index is 5.99. The van der Waals surface area contributed by atoms with E-state index < -0.39 is 0 Å². The number of benzene rings is 2. The number of nitrogens with zero attached hydrogens (tertiary/aromatic N) is 2. The highest BCUT2D eigenvalue weighted by molar-refractivity contribution is 7.80. The molecular weight excluding hydrogens is 404 g/mol. The van der Waals surface area contributed by atoms with Gasteiger partial charge in [-0.15, -0.1) is 6.58 Å². The van der Waals surface area contributed by atoms with E-state index in [0.29, 0.717) is 24.2 Å². The number of thiocarbonyl (C=S) groups is 1. The van der Waals surface area contributed by atoms with Crippen LogP contribution in [0.2, 0.25) is 0 Å². The Morgan fingerprint density at radius 3 is 2.74 bits per heavy atom. The lowest BCUT2D eigenvalue weighted by Crippen LogP contribution is -2.31. The first-order valence-corrected chi connectivity index (χ1v) is 11.0. The third-order valence-electron chi connectivity index (χ3n) is 5.26. The van der Waals surface area contributed by atoms with Gasteiger partial charge in [-0.05, 0) is 48.3 Å². The Balaban J connectivity index is 1.63. The van der Waals surface area contributed by atoms with Crippen molar-refractivity contribution in [1.29, 1.82) is 0 Å². The zero-order chi connectivity index (χ0) is 22.1. The average Bonchev–Trinajstić information content (AvgIpc) is 3.15. The van der Waals surface area contributed by atoms with E-state index in [4.69, 9.17) is 17.0 Å². The maximum absolute atomic E-state index is 5.99. The predicted molar refractivity (Wildman–Crippen MR) is 134 cm³/mol. The zero-order valence-electron chi connectivity index (χ0n) is 18.2. The SMILES string of the molecule is C=CCNC(=S)N/N=C\c1cn(CCOc2ccc([C@H](C)CC)cc2)c2ccccc12. The first kappa shape index (κ1) is 22.6. The molecule has 1 aromatic heterocycles. The molecule has 31 heavy (non-hydrogen) atoms. The molecule has 3 rings (SSSR count). The molecule has 6 heteroatoms. The molecule has 0 spiro atoms. The van der Waals surface area contributed by atoms with Crippen molar-refractivity contribution in [2.24, 2.45) is 5.10 Å². The van der Waals surface area contributed by atoms with E-state index in [-0.39, 0.29) is 0 Å². The minimum absolute atomic E-state index is 0.465. The standard InChI is InChI=1S/C25H30N4OS/c1-4-14-26-25(31)28-27-17-21-18-29(24-9-7-6-8-23(21)24)15-16-30-22-12-10-20(11-13-22)19(3)5-2/h4,6-13,17-19H,1,5,14-16H2,2-3H3,(H2,26,28,31)/b27-17-/t19-/m1/s1. The van der Waals surface area contributed by atoms with Gasteiger partial charge in [0.05, 0.1) is 12.8 Å². The lowest BCUT2D eigenvalue weighted by atomic mass is 9.99. The van der Waals surface area contributed by atoms with Crippen LogP contribution < -0.4 is 15.5 Å². The second-order valence-corrected chi connectivity index (χ2v) is 7.80.